The molecule has 6 nitrogen and oxygen atoms in total. The number of hydrogen-bond acceptors (Lipinski definition) is 5. The highest BCUT2D eigenvalue weighted by Gasteiger charge is 2.08. The first-order valence-corrected chi connectivity index (χ1v) is 5.06. The number of ketones is 1. The van der Waals surface area contributed by atoms with Crippen molar-refractivity contribution in [3.63, 3.8) is 0 Å². The molecule has 0 aliphatic heterocycles. The van der Waals surface area contributed by atoms with E-state index in [9.17, 15) is 4.79 Å². The molecule has 2 rings (SSSR count). The molecular formula is C12H7N5O. The van der Waals surface area contributed by atoms with Crippen LogP contribution in [-0.4, -0.2) is 20.5 Å². The van der Waals surface area contributed by atoms with Crippen molar-refractivity contribution in [2.75, 3.05) is 0 Å². The molecule has 2 aromatic rings. The number of benzene rings is 1. The molecule has 1 aromatic carbocycles. The second-order valence-electron chi connectivity index (χ2n) is 3.49. The van der Waals surface area contributed by atoms with Gasteiger partial charge in [-0.25, -0.2) is 9.67 Å². The smallest absolute Gasteiger partial charge is 0.252 e. The van der Waals surface area contributed by atoms with Crippen LogP contribution in [-0.2, 0) is 6.54 Å². The molecule has 0 unspecified atom stereocenters. The molecule has 0 bridgehead atoms. The van der Waals surface area contributed by atoms with Gasteiger partial charge in [-0.1, -0.05) is 12.1 Å². The van der Waals surface area contributed by atoms with E-state index >= 15 is 0 Å². The predicted molar refractivity (Wildman–Crippen MR) is 60.2 cm³/mol. The minimum Gasteiger partial charge on any atom is -0.292 e. The number of Topliss-reactive ketones (excluding diaryl/α,β-unsaturated/α-hetero) is 1. The van der Waals surface area contributed by atoms with Crippen LogP contribution >= 0.6 is 0 Å². The Bertz CT molecular complexity index is 657. The van der Waals surface area contributed by atoms with Gasteiger partial charge in [0, 0.05) is 5.56 Å². The van der Waals surface area contributed by atoms with Crippen molar-refractivity contribution in [3.8, 4) is 12.1 Å². The maximum atomic E-state index is 11.9. The van der Waals surface area contributed by atoms with Gasteiger partial charge in [0.15, 0.2) is 5.78 Å². The maximum absolute atomic E-state index is 11.9. The molecule has 0 amide bonds. The van der Waals surface area contributed by atoms with Gasteiger partial charge in [-0.3, -0.25) is 4.79 Å². The summed E-state index contributed by atoms with van der Waals surface area (Å²) in [6, 6.07) is 10.1. The fourth-order valence-electron chi connectivity index (χ4n) is 1.39. The second kappa shape index (κ2) is 4.89. The van der Waals surface area contributed by atoms with Crippen molar-refractivity contribution in [1.29, 1.82) is 10.5 Å². The Labute approximate surface area is 103 Å². The van der Waals surface area contributed by atoms with Crippen LogP contribution in [0.15, 0.2) is 30.6 Å². The quantitative estimate of drug-likeness (QED) is 0.739. The molecule has 0 N–H and O–H groups in total. The van der Waals surface area contributed by atoms with E-state index in [-0.39, 0.29) is 18.2 Å². The number of nitriles is 2. The molecule has 86 valence electrons. The van der Waals surface area contributed by atoms with Gasteiger partial charge in [-0.2, -0.15) is 10.5 Å². The summed E-state index contributed by atoms with van der Waals surface area (Å²) in [5.41, 5.74) is 0.988. The van der Waals surface area contributed by atoms with Gasteiger partial charge in [0.25, 0.3) is 5.82 Å². The van der Waals surface area contributed by atoms with Gasteiger partial charge < -0.3 is 0 Å². The van der Waals surface area contributed by atoms with Crippen LogP contribution < -0.4 is 0 Å². The van der Waals surface area contributed by atoms with Gasteiger partial charge in [-0.05, 0) is 12.1 Å². The molecule has 1 heterocycles. The first-order chi connectivity index (χ1) is 8.72. The first kappa shape index (κ1) is 11.5. The molecule has 0 saturated heterocycles. The molecular weight excluding hydrogens is 230 g/mol. The highest BCUT2D eigenvalue weighted by molar-refractivity contribution is 5.95. The van der Waals surface area contributed by atoms with Crippen molar-refractivity contribution in [2.24, 2.45) is 0 Å². The lowest BCUT2D eigenvalue weighted by atomic mass is 10.1. The Morgan fingerprint density at radius 2 is 1.94 bits per heavy atom. The number of hydrogen-bond donors (Lipinski definition) is 0. The van der Waals surface area contributed by atoms with Crippen LogP contribution in [0.5, 0.6) is 0 Å². The van der Waals surface area contributed by atoms with Crippen molar-refractivity contribution < 1.29 is 4.79 Å². The van der Waals surface area contributed by atoms with E-state index in [1.165, 1.54) is 11.0 Å². The number of rotatable bonds is 3. The zero-order valence-electron chi connectivity index (χ0n) is 9.24. The third kappa shape index (κ3) is 2.39. The highest BCUT2D eigenvalue weighted by Crippen LogP contribution is 2.05. The molecule has 6 heteroatoms. The molecule has 18 heavy (non-hydrogen) atoms. The highest BCUT2D eigenvalue weighted by atomic mass is 16.1. The van der Waals surface area contributed by atoms with E-state index in [2.05, 4.69) is 10.1 Å². The lowest BCUT2D eigenvalue weighted by Crippen LogP contribution is -2.11. The van der Waals surface area contributed by atoms with Gasteiger partial charge in [-0.15, -0.1) is 5.10 Å². The summed E-state index contributed by atoms with van der Waals surface area (Å²) in [5, 5.41) is 21.0. The molecule has 0 aliphatic rings. The van der Waals surface area contributed by atoms with Gasteiger partial charge in [0.2, 0.25) is 0 Å². The summed E-state index contributed by atoms with van der Waals surface area (Å²) in [5.74, 6) is -0.128. The Morgan fingerprint density at radius 1 is 1.22 bits per heavy atom. The van der Waals surface area contributed by atoms with E-state index < -0.39 is 0 Å². The van der Waals surface area contributed by atoms with Gasteiger partial charge in [0.05, 0.1) is 11.6 Å². The molecule has 0 fully saturated rings. The Balaban J connectivity index is 2.12. The van der Waals surface area contributed by atoms with Crippen LogP contribution in [0.25, 0.3) is 0 Å². The number of carbonyl (C=O) groups is 1. The average molecular weight is 237 g/mol. The lowest BCUT2D eigenvalue weighted by molar-refractivity contribution is 0.0967. The summed E-state index contributed by atoms with van der Waals surface area (Å²) in [4.78, 5) is 15.6. The summed E-state index contributed by atoms with van der Waals surface area (Å²) < 4.78 is 1.30. The van der Waals surface area contributed by atoms with Crippen LogP contribution in [0.3, 0.4) is 0 Å². The largest absolute Gasteiger partial charge is 0.292 e. The summed E-state index contributed by atoms with van der Waals surface area (Å²) in [7, 11) is 0. The molecule has 0 radical (unpaired) electrons. The van der Waals surface area contributed by atoms with Gasteiger partial charge >= 0.3 is 0 Å². The Kier molecular flexibility index (Phi) is 3.13. The molecule has 0 atom stereocenters. The first-order valence-electron chi connectivity index (χ1n) is 5.06. The van der Waals surface area contributed by atoms with Crippen LogP contribution in [0.2, 0.25) is 0 Å². The van der Waals surface area contributed by atoms with E-state index in [0.29, 0.717) is 11.1 Å². The number of carbonyl (C=O) groups excluding carboxylic acids is 1. The normalized spacial score (nSPS) is 9.44. The van der Waals surface area contributed by atoms with Crippen LogP contribution in [0.4, 0.5) is 0 Å². The minimum absolute atomic E-state index is 0.0145. The summed E-state index contributed by atoms with van der Waals surface area (Å²) in [6.45, 7) is 0.0145. The third-order valence-electron chi connectivity index (χ3n) is 2.28. The Hall–Kier alpha value is -2.99. The third-order valence-corrected chi connectivity index (χ3v) is 2.28. The minimum atomic E-state index is -0.158. The predicted octanol–water partition coefficient (Wildman–Crippen LogP) is 0.904. The van der Waals surface area contributed by atoms with Crippen molar-refractivity contribution >= 4 is 5.78 Å². The monoisotopic (exact) mass is 237 g/mol. The van der Waals surface area contributed by atoms with Crippen molar-refractivity contribution in [1.82, 2.24) is 14.8 Å². The zero-order valence-corrected chi connectivity index (χ0v) is 9.24. The molecule has 0 saturated carbocycles. The average Bonchev–Trinajstić information content (AvgIpc) is 2.86. The summed E-state index contributed by atoms with van der Waals surface area (Å²) in [6.07, 6.45) is 1.33. The fraction of sp³-hybridized carbons (Fsp3) is 0.0833. The molecule has 1 aromatic heterocycles. The lowest BCUT2D eigenvalue weighted by Gasteiger charge is -2.00. The zero-order chi connectivity index (χ0) is 13.0. The van der Waals surface area contributed by atoms with E-state index in [1.54, 1.807) is 30.3 Å². The molecule has 0 spiro atoms. The van der Waals surface area contributed by atoms with Crippen molar-refractivity contribution in [3.05, 3.63) is 47.5 Å². The van der Waals surface area contributed by atoms with E-state index in [0.717, 1.165) is 0 Å². The standard InChI is InChI=1S/C12H7N5O/c13-5-9-1-3-10(4-2-9)11(18)7-17-8-15-12(6-14)16-17/h1-4,8H,7H2. The fourth-order valence-corrected chi connectivity index (χ4v) is 1.39. The maximum Gasteiger partial charge on any atom is 0.252 e. The Morgan fingerprint density at radius 3 is 2.50 bits per heavy atom. The van der Waals surface area contributed by atoms with Gasteiger partial charge in [0.1, 0.15) is 18.9 Å². The number of nitrogens with zero attached hydrogens (tertiary/aromatic N) is 5. The number of aromatic nitrogens is 3. The summed E-state index contributed by atoms with van der Waals surface area (Å²) >= 11 is 0. The topological polar surface area (TPSA) is 95.4 Å². The van der Waals surface area contributed by atoms with Crippen molar-refractivity contribution in [2.45, 2.75) is 6.54 Å². The SMILES string of the molecule is N#Cc1ccc(C(=O)Cn2cnc(C#N)n2)cc1. The van der Waals surface area contributed by atoms with E-state index in [1.807, 2.05) is 6.07 Å². The van der Waals surface area contributed by atoms with E-state index in [4.69, 9.17) is 10.5 Å². The second-order valence-corrected chi connectivity index (χ2v) is 3.49. The van der Waals surface area contributed by atoms with Crippen LogP contribution in [0, 0.1) is 22.7 Å². The molecule has 0 aliphatic carbocycles. The van der Waals surface area contributed by atoms with Crippen LogP contribution in [0.1, 0.15) is 21.7 Å².